The summed E-state index contributed by atoms with van der Waals surface area (Å²) in [6, 6.07) is 16.5. The number of amides is 2. The van der Waals surface area contributed by atoms with Gasteiger partial charge in [-0.05, 0) is 23.1 Å². The normalized spacial score (nSPS) is 26.0. The molecular weight excluding hydrogens is 448 g/mol. The lowest BCUT2D eigenvalue weighted by Gasteiger charge is -2.29. The fraction of sp³-hybridized carbons (Fsp3) is 0.370. The molecular formula is C27H30N2O6. The Kier molecular flexibility index (Phi) is 7.45. The highest BCUT2D eigenvalue weighted by Gasteiger charge is 2.68. The number of rotatable bonds is 10. The maximum Gasteiger partial charge on any atom is 0.327 e. The SMILES string of the molecule is CCCOCCN1C(=O)C2C(c3ccc(/C=C/c4ccccc4)cc3)NC(CO)(C(=O)O)C2C1=O. The number of aliphatic carboxylic acids is 1. The van der Waals surface area contributed by atoms with Crippen LogP contribution in [0.15, 0.2) is 54.6 Å². The Hall–Kier alpha value is -3.33. The van der Waals surface area contributed by atoms with Crippen molar-refractivity contribution >= 4 is 29.9 Å². The first-order chi connectivity index (χ1) is 16.9. The lowest BCUT2D eigenvalue weighted by atomic mass is 9.79. The highest BCUT2D eigenvalue weighted by molar-refractivity contribution is 6.09. The van der Waals surface area contributed by atoms with E-state index in [0.29, 0.717) is 12.2 Å². The van der Waals surface area contributed by atoms with Crippen molar-refractivity contribution in [3.05, 3.63) is 71.3 Å². The Labute approximate surface area is 204 Å². The number of aliphatic hydroxyl groups excluding tert-OH is 1. The van der Waals surface area contributed by atoms with Crippen LogP contribution in [0.25, 0.3) is 12.2 Å². The van der Waals surface area contributed by atoms with E-state index >= 15 is 0 Å². The highest BCUT2D eigenvalue weighted by atomic mass is 16.5. The Morgan fingerprint density at radius 3 is 2.29 bits per heavy atom. The molecule has 0 bridgehead atoms. The summed E-state index contributed by atoms with van der Waals surface area (Å²) in [4.78, 5) is 39.9. The second-order valence-electron chi connectivity index (χ2n) is 8.91. The molecule has 0 aliphatic carbocycles. The molecule has 2 amide bonds. The molecule has 2 aromatic rings. The van der Waals surface area contributed by atoms with Gasteiger partial charge >= 0.3 is 5.97 Å². The van der Waals surface area contributed by atoms with E-state index in [2.05, 4.69) is 5.32 Å². The van der Waals surface area contributed by atoms with Crippen LogP contribution in [0.1, 0.15) is 36.1 Å². The first-order valence-corrected chi connectivity index (χ1v) is 11.8. The van der Waals surface area contributed by atoms with Crippen LogP contribution >= 0.6 is 0 Å². The second-order valence-corrected chi connectivity index (χ2v) is 8.91. The summed E-state index contributed by atoms with van der Waals surface area (Å²) in [5, 5.41) is 23.0. The van der Waals surface area contributed by atoms with E-state index in [-0.39, 0.29) is 13.2 Å². The summed E-state index contributed by atoms with van der Waals surface area (Å²) in [6.07, 6.45) is 4.75. The quantitative estimate of drug-likeness (QED) is 0.273. The number of carbonyl (C=O) groups is 3. The lowest BCUT2D eigenvalue weighted by molar-refractivity contribution is -0.153. The largest absolute Gasteiger partial charge is 0.480 e. The Balaban J connectivity index is 1.60. The summed E-state index contributed by atoms with van der Waals surface area (Å²) >= 11 is 0. The number of imide groups is 1. The maximum atomic E-state index is 13.3. The first-order valence-electron chi connectivity index (χ1n) is 11.8. The molecule has 0 spiro atoms. The molecule has 8 heteroatoms. The van der Waals surface area contributed by atoms with E-state index in [9.17, 15) is 24.6 Å². The van der Waals surface area contributed by atoms with E-state index in [1.54, 1.807) is 0 Å². The van der Waals surface area contributed by atoms with Crippen molar-refractivity contribution in [2.45, 2.75) is 24.9 Å². The minimum absolute atomic E-state index is 0.0573. The van der Waals surface area contributed by atoms with Gasteiger partial charge in [0.15, 0.2) is 5.54 Å². The Bertz CT molecular complexity index is 1100. The third-order valence-corrected chi connectivity index (χ3v) is 6.75. The monoisotopic (exact) mass is 478 g/mol. The molecule has 2 aliphatic rings. The molecule has 8 nitrogen and oxygen atoms in total. The topological polar surface area (TPSA) is 116 Å². The molecule has 3 N–H and O–H groups in total. The molecule has 184 valence electrons. The third-order valence-electron chi connectivity index (χ3n) is 6.75. The number of fused-ring (bicyclic) bond motifs is 1. The van der Waals surface area contributed by atoms with E-state index in [1.165, 1.54) is 0 Å². The number of hydrogen-bond donors (Lipinski definition) is 3. The van der Waals surface area contributed by atoms with Gasteiger partial charge in [-0.25, -0.2) is 0 Å². The number of hydrogen-bond acceptors (Lipinski definition) is 6. The van der Waals surface area contributed by atoms with E-state index in [4.69, 9.17) is 4.74 Å². The molecule has 2 heterocycles. The van der Waals surface area contributed by atoms with E-state index in [0.717, 1.165) is 22.4 Å². The number of ether oxygens (including phenoxy) is 1. The molecule has 2 fully saturated rings. The van der Waals surface area contributed by atoms with Crippen molar-refractivity contribution in [2.24, 2.45) is 11.8 Å². The molecule has 4 unspecified atom stereocenters. The van der Waals surface area contributed by atoms with Gasteiger partial charge in [-0.2, -0.15) is 0 Å². The van der Waals surface area contributed by atoms with Crippen molar-refractivity contribution < 1.29 is 29.3 Å². The van der Waals surface area contributed by atoms with Gasteiger partial charge in [0.05, 0.1) is 31.6 Å². The van der Waals surface area contributed by atoms with Gasteiger partial charge in [0.2, 0.25) is 11.8 Å². The molecule has 2 aliphatic heterocycles. The zero-order valence-corrected chi connectivity index (χ0v) is 19.6. The molecule has 2 saturated heterocycles. The van der Waals surface area contributed by atoms with Crippen LogP contribution in [-0.4, -0.2) is 64.8 Å². The number of carbonyl (C=O) groups excluding carboxylic acids is 2. The smallest absolute Gasteiger partial charge is 0.327 e. The van der Waals surface area contributed by atoms with Crippen LogP contribution in [0.4, 0.5) is 0 Å². The predicted octanol–water partition coefficient (Wildman–Crippen LogP) is 2.34. The van der Waals surface area contributed by atoms with Crippen LogP contribution in [0, 0.1) is 11.8 Å². The van der Waals surface area contributed by atoms with Gasteiger partial charge in [-0.1, -0.05) is 73.7 Å². The lowest BCUT2D eigenvalue weighted by Crippen LogP contribution is -2.58. The number of nitrogens with one attached hydrogen (secondary N) is 1. The third kappa shape index (κ3) is 4.65. The number of likely N-dealkylation sites (tertiary alicyclic amines) is 1. The minimum Gasteiger partial charge on any atom is -0.480 e. The minimum atomic E-state index is -1.94. The molecule has 35 heavy (non-hydrogen) atoms. The van der Waals surface area contributed by atoms with Crippen LogP contribution in [0.5, 0.6) is 0 Å². The van der Waals surface area contributed by atoms with Crippen molar-refractivity contribution in [2.75, 3.05) is 26.4 Å². The second kappa shape index (κ2) is 10.5. The Morgan fingerprint density at radius 1 is 1.03 bits per heavy atom. The van der Waals surface area contributed by atoms with Gasteiger partial charge in [-0.15, -0.1) is 0 Å². The molecule has 2 aromatic carbocycles. The van der Waals surface area contributed by atoms with Crippen molar-refractivity contribution in [1.29, 1.82) is 0 Å². The average molecular weight is 479 g/mol. The number of nitrogens with zero attached hydrogens (tertiary/aromatic N) is 1. The van der Waals surface area contributed by atoms with Crippen LogP contribution in [0.2, 0.25) is 0 Å². The first kappa shape index (κ1) is 24.8. The summed E-state index contributed by atoms with van der Waals surface area (Å²) in [7, 11) is 0. The molecule has 0 radical (unpaired) electrons. The van der Waals surface area contributed by atoms with Gasteiger partial charge in [0.1, 0.15) is 0 Å². The van der Waals surface area contributed by atoms with Crippen LogP contribution in [-0.2, 0) is 19.1 Å². The van der Waals surface area contributed by atoms with Crippen LogP contribution < -0.4 is 5.32 Å². The summed E-state index contributed by atoms with van der Waals surface area (Å²) < 4.78 is 5.43. The zero-order chi connectivity index (χ0) is 25.0. The van der Waals surface area contributed by atoms with Crippen molar-refractivity contribution in [1.82, 2.24) is 10.2 Å². The molecule has 4 rings (SSSR count). The van der Waals surface area contributed by atoms with Gasteiger partial charge in [0, 0.05) is 12.6 Å². The summed E-state index contributed by atoms with van der Waals surface area (Å²) in [6.45, 7) is 1.90. The van der Waals surface area contributed by atoms with Crippen molar-refractivity contribution in [3.8, 4) is 0 Å². The van der Waals surface area contributed by atoms with Gasteiger partial charge in [0.25, 0.3) is 0 Å². The fourth-order valence-corrected chi connectivity index (χ4v) is 4.95. The highest BCUT2D eigenvalue weighted by Crippen LogP contribution is 2.48. The number of benzene rings is 2. The molecule has 0 saturated carbocycles. The van der Waals surface area contributed by atoms with Crippen LogP contribution in [0.3, 0.4) is 0 Å². The fourth-order valence-electron chi connectivity index (χ4n) is 4.95. The summed E-state index contributed by atoms with van der Waals surface area (Å²) in [5.74, 6) is -4.52. The number of carboxylic acids is 1. The Morgan fingerprint density at radius 2 is 1.69 bits per heavy atom. The van der Waals surface area contributed by atoms with E-state index in [1.807, 2.05) is 73.7 Å². The van der Waals surface area contributed by atoms with Gasteiger partial charge in [-0.3, -0.25) is 24.6 Å². The van der Waals surface area contributed by atoms with E-state index < -0.39 is 47.8 Å². The summed E-state index contributed by atoms with van der Waals surface area (Å²) in [5.41, 5.74) is 0.734. The molecule has 4 atom stereocenters. The van der Waals surface area contributed by atoms with Crippen molar-refractivity contribution in [3.63, 3.8) is 0 Å². The maximum absolute atomic E-state index is 13.3. The zero-order valence-electron chi connectivity index (χ0n) is 19.6. The number of aliphatic hydroxyl groups is 1. The predicted molar refractivity (Wildman–Crippen MR) is 130 cm³/mol. The average Bonchev–Trinajstić information content (AvgIpc) is 3.36. The standard InChI is InChI=1S/C27H30N2O6/c1-2-15-35-16-14-29-24(31)21-22(25(29)32)27(17-30,26(33)34)28-23(21)20-12-10-19(11-13-20)9-8-18-6-4-3-5-7-18/h3-13,21-23,28,30H,2,14-17H2,1H3,(H,33,34)/b9-8+. The number of carboxylic acid groups (broad SMARTS) is 1. The van der Waals surface area contributed by atoms with Gasteiger partial charge < -0.3 is 14.9 Å². The molecule has 0 aromatic heterocycles.